The van der Waals surface area contributed by atoms with E-state index in [1.807, 2.05) is 6.92 Å². The van der Waals surface area contributed by atoms with Gasteiger partial charge in [0.25, 0.3) is 6.43 Å². The van der Waals surface area contributed by atoms with Gasteiger partial charge in [0.2, 0.25) is 0 Å². The van der Waals surface area contributed by atoms with Crippen molar-refractivity contribution in [3.05, 3.63) is 59.4 Å². The average Bonchev–Trinajstić information content (AvgIpc) is 2.47. The van der Waals surface area contributed by atoms with Gasteiger partial charge in [-0.25, -0.2) is 8.78 Å². The van der Waals surface area contributed by atoms with Crippen LogP contribution in [0.2, 0.25) is 0 Å². The lowest BCUT2D eigenvalue weighted by atomic mass is 10.0. The van der Waals surface area contributed by atoms with E-state index >= 15 is 0 Å². The third-order valence-corrected chi connectivity index (χ3v) is 2.87. The summed E-state index contributed by atoms with van der Waals surface area (Å²) >= 11 is 0. The summed E-state index contributed by atoms with van der Waals surface area (Å²) in [4.78, 5) is 3.99. The van der Waals surface area contributed by atoms with E-state index in [-0.39, 0.29) is 5.56 Å². The first-order chi connectivity index (χ1) is 9.61. The number of benzene rings is 1. The summed E-state index contributed by atoms with van der Waals surface area (Å²) in [6, 6.07) is 7.27. The van der Waals surface area contributed by atoms with Crippen LogP contribution in [0, 0.1) is 0 Å². The summed E-state index contributed by atoms with van der Waals surface area (Å²) in [6.45, 7) is 2.36. The van der Waals surface area contributed by atoms with Crippen LogP contribution in [0.3, 0.4) is 0 Å². The van der Waals surface area contributed by atoms with Crippen molar-refractivity contribution >= 4 is 0 Å². The molecule has 0 saturated carbocycles. The first-order valence-corrected chi connectivity index (χ1v) is 6.25. The predicted octanol–water partition coefficient (Wildman–Crippen LogP) is 3.50. The van der Waals surface area contributed by atoms with Crippen molar-refractivity contribution in [2.75, 3.05) is 6.61 Å². The van der Waals surface area contributed by atoms with Gasteiger partial charge in [0.15, 0.2) is 0 Å². The molecule has 1 atom stereocenters. The summed E-state index contributed by atoms with van der Waals surface area (Å²) in [6.07, 6.45) is -0.354. The van der Waals surface area contributed by atoms with Gasteiger partial charge in [-0.2, -0.15) is 0 Å². The van der Waals surface area contributed by atoms with Crippen molar-refractivity contribution in [3.63, 3.8) is 0 Å². The summed E-state index contributed by atoms with van der Waals surface area (Å²) in [5, 5.41) is 10.2. The summed E-state index contributed by atoms with van der Waals surface area (Å²) < 4.78 is 30.3. The van der Waals surface area contributed by atoms with E-state index in [9.17, 15) is 13.9 Å². The number of ether oxygens (including phenoxy) is 1. The van der Waals surface area contributed by atoms with Crippen molar-refractivity contribution in [3.8, 4) is 5.75 Å². The second kappa shape index (κ2) is 6.43. The minimum Gasteiger partial charge on any atom is -0.492 e. The first kappa shape index (κ1) is 14.4. The number of hydrogen-bond acceptors (Lipinski definition) is 3. The Balaban J connectivity index is 2.21. The monoisotopic (exact) mass is 279 g/mol. The fraction of sp³-hybridized carbons (Fsp3) is 0.267. The summed E-state index contributed by atoms with van der Waals surface area (Å²) in [7, 11) is 0. The van der Waals surface area contributed by atoms with Crippen LogP contribution in [-0.2, 0) is 0 Å². The molecule has 0 fully saturated rings. The number of pyridine rings is 1. The fourth-order valence-electron chi connectivity index (χ4n) is 1.85. The quantitative estimate of drug-likeness (QED) is 0.910. The lowest BCUT2D eigenvalue weighted by molar-refractivity contribution is 0.151. The van der Waals surface area contributed by atoms with Crippen molar-refractivity contribution < 1.29 is 18.6 Å². The smallest absolute Gasteiger partial charge is 0.263 e. The molecule has 0 radical (unpaired) electrons. The van der Waals surface area contributed by atoms with Gasteiger partial charge in [-0.15, -0.1) is 0 Å². The van der Waals surface area contributed by atoms with Crippen molar-refractivity contribution in [2.24, 2.45) is 0 Å². The van der Waals surface area contributed by atoms with Gasteiger partial charge in [0.05, 0.1) is 12.8 Å². The zero-order valence-corrected chi connectivity index (χ0v) is 11.0. The zero-order chi connectivity index (χ0) is 14.5. The maximum absolute atomic E-state index is 12.5. The van der Waals surface area contributed by atoms with Gasteiger partial charge in [-0.1, -0.05) is 24.3 Å². The number of hydrogen-bond donors (Lipinski definition) is 1. The van der Waals surface area contributed by atoms with Crippen LogP contribution in [0.4, 0.5) is 8.78 Å². The second-order valence-electron chi connectivity index (χ2n) is 4.26. The number of nitrogens with zero attached hydrogens (tertiary/aromatic N) is 1. The Kier molecular flexibility index (Phi) is 4.63. The number of rotatable bonds is 5. The normalized spacial score (nSPS) is 12.4. The predicted molar refractivity (Wildman–Crippen MR) is 70.9 cm³/mol. The number of alkyl halides is 2. The standard InChI is InChI=1S/C15H15F2NO2/c1-2-20-13-7-12(8-18-9-13)14(19)10-3-5-11(6-4-10)15(16)17/h3-9,14-15,19H,2H2,1H3. The molecule has 0 spiro atoms. The molecular weight excluding hydrogens is 264 g/mol. The molecule has 0 aliphatic rings. The van der Waals surface area contributed by atoms with E-state index in [1.165, 1.54) is 30.5 Å². The summed E-state index contributed by atoms with van der Waals surface area (Å²) in [5.41, 5.74) is 1.02. The molecular formula is C15H15F2NO2. The molecule has 1 unspecified atom stereocenters. The van der Waals surface area contributed by atoms with Crippen LogP contribution in [0.5, 0.6) is 5.75 Å². The SMILES string of the molecule is CCOc1cncc(C(O)c2ccc(C(F)F)cc2)c1. The molecule has 0 bridgehead atoms. The first-order valence-electron chi connectivity index (χ1n) is 6.25. The Labute approximate surface area is 115 Å². The molecule has 1 aromatic carbocycles. The highest BCUT2D eigenvalue weighted by molar-refractivity contribution is 5.34. The molecule has 1 N–H and O–H groups in total. The van der Waals surface area contributed by atoms with Crippen LogP contribution in [0.15, 0.2) is 42.7 Å². The van der Waals surface area contributed by atoms with Gasteiger partial charge in [-0.3, -0.25) is 4.98 Å². The van der Waals surface area contributed by atoms with Gasteiger partial charge in [0, 0.05) is 17.3 Å². The zero-order valence-electron chi connectivity index (χ0n) is 11.0. The van der Waals surface area contributed by atoms with E-state index in [1.54, 1.807) is 12.3 Å². The Morgan fingerprint density at radius 3 is 2.35 bits per heavy atom. The summed E-state index contributed by atoms with van der Waals surface area (Å²) in [5.74, 6) is 0.563. The Morgan fingerprint density at radius 1 is 1.10 bits per heavy atom. The van der Waals surface area contributed by atoms with Gasteiger partial charge in [0.1, 0.15) is 11.9 Å². The highest BCUT2D eigenvalue weighted by atomic mass is 19.3. The number of halogens is 2. The number of aromatic nitrogens is 1. The van der Waals surface area contributed by atoms with Gasteiger partial charge >= 0.3 is 0 Å². The van der Waals surface area contributed by atoms with E-state index in [4.69, 9.17) is 4.74 Å². The lowest BCUT2D eigenvalue weighted by Crippen LogP contribution is -2.02. The Bertz CT molecular complexity index is 558. The fourth-order valence-corrected chi connectivity index (χ4v) is 1.85. The third-order valence-electron chi connectivity index (χ3n) is 2.87. The van der Waals surface area contributed by atoms with E-state index < -0.39 is 12.5 Å². The van der Waals surface area contributed by atoms with Crippen molar-refractivity contribution in [1.29, 1.82) is 0 Å². The molecule has 5 heteroatoms. The molecule has 20 heavy (non-hydrogen) atoms. The van der Waals surface area contributed by atoms with E-state index in [0.717, 1.165) is 0 Å². The van der Waals surface area contributed by atoms with Gasteiger partial charge < -0.3 is 9.84 Å². The Hall–Kier alpha value is -2.01. The van der Waals surface area contributed by atoms with Crippen LogP contribution in [0.25, 0.3) is 0 Å². The maximum Gasteiger partial charge on any atom is 0.263 e. The van der Waals surface area contributed by atoms with E-state index in [2.05, 4.69) is 4.98 Å². The topological polar surface area (TPSA) is 42.4 Å². The van der Waals surface area contributed by atoms with Crippen molar-refractivity contribution in [2.45, 2.75) is 19.5 Å². The molecule has 3 nitrogen and oxygen atoms in total. The van der Waals surface area contributed by atoms with Crippen LogP contribution >= 0.6 is 0 Å². The molecule has 1 aromatic heterocycles. The molecule has 1 heterocycles. The molecule has 0 aliphatic carbocycles. The van der Waals surface area contributed by atoms with Crippen molar-refractivity contribution in [1.82, 2.24) is 4.98 Å². The van der Waals surface area contributed by atoms with Gasteiger partial charge in [-0.05, 0) is 18.6 Å². The molecule has 2 aromatic rings. The lowest BCUT2D eigenvalue weighted by Gasteiger charge is -2.13. The average molecular weight is 279 g/mol. The second-order valence-corrected chi connectivity index (χ2v) is 4.26. The molecule has 106 valence electrons. The number of aliphatic hydroxyl groups is 1. The molecule has 0 saturated heterocycles. The number of aliphatic hydroxyl groups excluding tert-OH is 1. The molecule has 2 rings (SSSR count). The third kappa shape index (κ3) is 3.30. The van der Waals surface area contributed by atoms with Crippen LogP contribution < -0.4 is 4.74 Å². The largest absolute Gasteiger partial charge is 0.492 e. The minimum atomic E-state index is -2.51. The Morgan fingerprint density at radius 2 is 1.75 bits per heavy atom. The van der Waals surface area contributed by atoms with Crippen LogP contribution in [-0.4, -0.2) is 16.7 Å². The van der Waals surface area contributed by atoms with E-state index in [0.29, 0.717) is 23.5 Å². The highest BCUT2D eigenvalue weighted by Gasteiger charge is 2.13. The minimum absolute atomic E-state index is 0.0675. The van der Waals surface area contributed by atoms with Crippen LogP contribution in [0.1, 0.15) is 36.1 Å². The molecule has 0 amide bonds. The highest BCUT2D eigenvalue weighted by Crippen LogP contribution is 2.26. The molecule has 0 aliphatic heterocycles. The maximum atomic E-state index is 12.5.